The van der Waals surface area contributed by atoms with Crippen LogP contribution in [0.5, 0.6) is 0 Å². The van der Waals surface area contributed by atoms with Crippen molar-refractivity contribution in [2.24, 2.45) is 0 Å². The Morgan fingerprint density at radius 3 is 2.94 bits per heavy atom. The van der Waals surface area contributed by atoms with Crippen LogP contribution >= 0.6 is 11.3 Å². The van der Waals surface area contributed by atoms with Crippen LogP contribution in [0.25, 0.3) is 6.08 Å². The van der Waals surface area contributed by atoms with Gasteiger partial charge in [-0.15, -0.1) is 11.3 Å². The minimum Gasteiger partial charge on any atom is -0.466 e. The topological polar surface area (TPSA) is 39.2 Å². The number of allylic oxidation sites excluding steroid dienone is 1. The summed E-state index contributed by atoms with van der Waals surface area (Å²) in [5, 5.41) is 2.67. The summed E-state index contributed by atoms with van der Waals surface area (Å²) in [6.45, 7) is 3.91. The van der Waals surface area contributed by atoms with Crippen molar-refractivity contribution in [2.45, 2.75) is 26.7 Å². The van der Waals surface area contributed by atoms with Gasteiger partial charge in [0.2, 0.25) is 0 Å². The summed E-state index contributed by atoms with van der Waals surface area (Å²) in [5.74, 6) is -0.723. The lowest BCUT2D eigenvalue weighted by molar-refractivity contribution is -0.143. The van der Waals surface area contributed by atoms with E-state index in [0.29, 0.717) is 12.3 Å². The van der Waals surface area contributed by atoms with Crippen molar-refractivity contribution in [2.75, 3.05) is 6.61 Å². The first-order chi connectivity index (χ1) is 7.61. The first-order valence-electron chi connectivity index (χ1n) is 5.05. The second-order valence-electron chi connectivity index (χ2n) is 3.19. The predicted octanol–water partition coefficient (Wildman–Crippen LogP) is 3.11. The number of ether oxygens (including phenoxy) is 1. The highest BCUT2D eigenvalue weighted by Crippen LogP contribution is 2.15. The van der Waals surface area contributed by atoms with E-state index in [1.807, 2.05) is 6.92 Å². The number of hydrogen-bond acceptors (Lipinski definition) is 4. The lowest BCUT2D eigenvalue weighted by atomic mass is 10.2. The van der Waals surface area contributed by atoms with Gasteiger partial charge in [0.1, 0.15) is 5.83 Å². The predicted molar refractivity (Wildman–Crippen MR) is 61.8 cm³/mol. The van der Waals surface area contributed by atoms with Gasteiger partial charge >= 0.3 is 5.97 Å². The zero-order valence-electron chi connectivity index (χ0n) is 9.33. The van der Waals surface area contributed by atoms with Crippen molar-refractivity contribution < 1.29 is 13.9 Å². The molecule has 0 atom stereocenters. The van der Waals surface area contributed by atoms with Gasteiger partial charge in [0.15, 0.2) is 0 Å². The Balaban J connectivity index is 2.43. The van der Waals surface area contributed by atoms with Gasteiger partial charge < -0.3 is 4.74 Å². The Morgan fingerprint density at radius 1 is 1.62 bits per heavy atom. The van der Waals surface area contributed by atoms with Crippen molar-refractivity contribution in [1.29, 1.82) is 0 Å². The van der Waals surface area contributed by atoms with Gasteiger partial charge in [-0.05, 0) is 19.9 Å². The third-order valence-corrected chi connectivity index (χ3v) is 2.61. The van der Waals surface area contributed by atoms with Crippen LogP contribution in [0, 0.1) is 6.92 Å². The fourth-order valence-electron chi connectivity index (χ4n) is 1.13. The number of nitrogens with zero attached hydrogens (tertiary/aromatic N) is 1. The maximum Gasteiger partial charge on any atom is 0.306 e. The molecule has 1 heterocycles. The molecule has 0 aliphatic heterocycles. The number of halogens is 1. The van der Waals surface area contributed by atoms with Crippen LogP contribution in [0.2, 0.25) is 0 Å². The molecule has 16 heavy (non-hydrogen) atoms. The van der Waals surface area contributed by atoms with Gasteiger partial charge in [-0.25, -0.2) is 9.37 Å². The molecule has 0 aliphatic carbocycles. The molecule has 0 fully saturated rings. The van der Waals surface area contributed by atoms with Gasteiger partial charge in [0, 0.05) is 11.8 Å². The van der Waals surface area contributed by atoms with Gasteiger partial charge in [-0.2, -0.15) is 0 Å². The molecule has 0 N–H and O–H groups in total. The normalized spacial score (nSPS) is 11.6. The van der Waals surface area contributed by atoms with E-state index in [2.05, 4.69) is 4.98 Å². The highest BCUT2D eigenvalue weighted by Gasteiger charge is 2.05. The maximum atomic E-state index is 13.3. The van der Waals surface area contributed by atoms with Gasteiger partial charge in [0.05, 0.1) is 23.7 Å². The van der Waals surface area contributed by atoms with Gasteiger partial charge in [0.25, 0.3) is 0 Å². The number of carbonyl (C=O) groups is 1. The summed E-state index contributed by atoms with van der Waals surface area (Å²) in [7, 11) is 0. The summed E-state index contributed by atoms with van der Waals surface area (Å²) >= 11 is 1.46. The van der Waals surface area contributed by atoms with Crippen LogP contribution in [0.4, 0.5) is 4.39 Å². The number of esters is 1. The Labute approximate surface area is 98.0 Å². The summed E-state index contributed by atoms with van der Waals surface area (Å²) in [6, 6.07) is 0. The molecule has 0 aromatic carbocycles. The lowest BCUT2D eigenvalue weighted by Gasteiger charge is -1.99. The van der Waals surface area contributed by atoms with Crippen molar-refractivity contribution in [3.63, 3.8) is 0 Å². The molecule has 0 saturated heterocycles. The van der Waals surface area contributed by atoms with E-state index in [-0.39, 0.29) is 24.6 Å². The van der Waals surface area contributed by atoms with E-state index >= 15 is 0 Å². The van der Waals surface area contributed by atoms with Crippen LogP contribution in [0.1, 0.15) is 30.5 Å². The number of rotatable bonds is 5. The zero-order valence-corrected chi connectivity index (χ0v) is 10.1. The van der Waals surface area contributed by atoms with Gasteiger partial charge in [-0.3, -0.25) is 4.79 Å². The maximum absolute atomic E-state index is 13.3. The molecular formula is C11H14FNO2S. The molecule has 0 saturated carbocycles. The molecule has 0 amide bonds. The van der Waals surface area contributed by atoms with Crippen LogP contribution in [0.3, 0.4) is 0 Å². The summed E-state index contributed by atoms with van der Waals surface area (Å²) in [4.78, 5) is 15.1. The van der Waals surface area contributed by atoms with E-state index in [1.165, 1.54) is 17.4 Å². The van der Waals surface area contributed by atoms with E-state index in [4.69, 9.17) is 4.74 Å². The molecule has 0 unspecified atom stereocenters. The molecule has 5 heteroatoms. The van der Waals surface area contributed by atoms with E-state index < -0.39 is 0 Å². The molecule has 0 radical (unpaired) electrons. The van der Waals surface area contributed by atoms with E-state index in [1.54, 1.807) is 12.3 Å². The van der Waals surface area contributed by atoms with Crippen LogP contribution < -0.4 is 0 Å². The third-order valence-electron chi connectivity index (χ3n) is 1.81. The third kappa shape index (κ3) is 4.53. The molecule has 1 aromatic rings. The van der Waals surface area contributed by atoms with Crippen molar-refractivity contribution >= 4 is 23.4 Å². The number of aryl methyl sites for hydroxylation is 1. The van der Waals surface area contributed by atoms with Crippen LogP contribution in [0.15, 0.2) is 11.2 Å². The van der Waals surface area contributed by atoms with Crippen molar-refractivity contribution in [3.8, 4) is 0 Å². The number of carbonyl (C=O) groups excluding carboxylic acids is 1. The van der Waals surface area contributed by atoms with Crippen molar-refractivity contribution in [1.82, 2.24) is 4.98 Å². The lowest BCUT2D eigenvalue weighted by Crippen LogP contribution is -2.03. The smallest absolute Gasteiger partial charge is 0.306 e. The minimum atomic E-state index is -0.375. The number of thiazole rings is 1. The first-order valence-corrected chi connectivity index (χ1v) is 5.93. The molecule has 3 nitrogen and oxygen atoms in total. The van der Waals surface area contributed by atoms with Crippen molar-refractivity contribution in [3.05, 3.63) is 21.9 Å². The fourth-order valence-corrected chi connectivity index (χ4v) is 1.70. The van der Waals surface area contributed by atoms with Crippen LogP contribution in [-0.2, 0) is 9.53 Å². The zero-order chi connectivity index (χ0) is 12.0. The quantitative estimate of drug-likeness (QED) is 0.746. The second-order valence-corrected chi connectivity index (χ2v) is 4.25. The number of hydrogen-bond donors (Lipinski definition) is 0. The largest absolute Gasteiger partial charge is 0.466 e. The first kappa shape index (κ1) is 12.8. The SMILES string of the molecule is CCOC(=O)CC/C(F)=C/c1csc(C)n1. The Hall–Kier alpha value is -1.23. The Bertz CT molecular complexity index is 387. The fraction of sp³-hybridized carbons (Fsp3) is 0.455. The minimum absolute atomic E-state index is 0.0649. The Morgan fingerprint density at radius 2 is 2.38 bits per heavy atom. The van der Waals surface area contributed by atoms with Gasteiger partial charge in [-0.1, -0.05) is 0 Å². The highest BCUT2D eigenvalue weighted by molar-refractivity contribution is 7.09. The average Bonchev–Trinajstić information content (AvgIpc) is 2.61. The Kier molecular flexibility index (Phi) is 5.11. The molecule has 1 rings (SSSR count). The molecule has 88 valence electrons. The standard InChI is InChI=1S/C11H14FNO2S/c1-3-15-11(14)5-4-9(12)6-10-7-16-8(2)13-10/h6-7H,3-5H2,1-2H3/b9-6-. The molecule has 1 aromatic heterocycles. The molecule has 0 aliphatic rings. The summed E-state index contributed by atoms with van der Waals surface area (Å²) in [6.07, 6.45) is 1.48. The summed E-state index contributed by atoms with van der Waals surface area (Å²) < 4.78 is 18.0. The molecule has 0 bridgehead atoms. The second kappa shape index (κ2) is 6.37. The average molecular weight is 243 g/mol. The monoisotopic (exact) mass is 243 g/mol. The number of aromatic nitrogens is 1. The van der Waals surface area contributed by atoms with E-state index in [9.17, 15) is 9.18 Å². The van der Waals surface area contributed by atoms with E-state index in [0.717, 1.165) is 5.01 Å². The van der Waals surface area contributed by atoms with Crippen LogP contribution in [-0.4, -0.2) is 17.6 Å². The molecular weight excluding hydrogens is 229 g/mol. The highest BCUT2D eigenvalue weighted by atomic mass is 32.1. The molecule has 0 spiro atoms. The summed E-state index contributed by atoms with van der Waals surface area (Å²) in [5.41, 5.74) is 0.601.